The maximum atomic E-state index is 5.91. The van der Waals surface area contributed by atoms with Gasteiger partial charge < -0.3 is 4.74 Å². The summed E-state index contributed by atoms with van der Waals surface area (Å²) in [5.74, 6) is 1.02. The Hall–Kier alpha value is -0.540. The molecule has 1 heterocycles. The second kappa shape index (κ2) is 6.58. The topological polar surface area (TPSA) is 12.5 Å². The van der Waals surface area contributed by atoms with E-state index in [1.165, 1.54) is 37.9 Å². The van der Waals surface area contributed by atoms with Crippen LogP contribution in [-0.2, 0) is 6.54 Å². The molecule has 3 heteroatoms. The third-order valence-corrected chi connectivity index (χ3v) is 4.01. The van der Waals surface area contributed by atoms with Gasteiger partial charge in [-0.2, -0.15) is 0 Å². The van der Waals surface area contributed by atoms with Crippen molar-refractivity contribution in [3.63, 3.8) is 0 Å². The maximum Gasteiger partial charge on any atom is 0.125 e. The van der Waals surface area contributed by atoms with Crippen LogP contribution in [0.15, 0.2) is 22.7 Å². The van der Waals surface area contributed by atoms with Crippen molar-refractivity contribution in [2.24, 2.45) is 0 Å². The van der Waals surface area contributed by atoms with E-state index in [9.17, 15) is 0 Å². The van der Waals surface area contributed by atoms with Gasteiger partial charge in [0.05, 0.1) is 6.10 Å². The summed E-state index contributed by atoms with van der Waals surface area (Å²) in [6.07, 6.45) is 4.25. The summed E-state index contributed by atoms with van der Waals surface area (Å²) in [6, 6.07) is 6.22. The van der Waals surface area contributed by atoms with Gasteiger partial charge >= 0.3 is 0 Å². The van der Waals surface area contributed by atoms with Crippen molar-refractivity contribution in [3.05, 3.63) is 28.2 Å². The van der Waals surface area contributed by atoms with E-state index in [-0.39, 0.29) is 6.10 Å². The Morgan fingerprint density at radius 1 is 1.22 bits per heavy atom. The minimum absolute atomic E-state index is 0.222. The fourth-order valence-electron chi connectivity index (χ4n) is 2.40. The minimum Gasteiger partial charge on any atom is -0.491 e. The summed E-state index contributed by atoms with van der Waals surface area (Å²) in [5.41, 5.74) is 1.29. The molecule has 0 atom stereocenters. The Bertz CT molecular complexity index is 386. The lowest BCUT2D eigenvalue weighted by Gasteiger charge is -2.28. The molecule has 0 N–H and O–H groups in total. The van der Waals surface area contributed by atoms with Crippen LogP contribution in [0.3, 0.4) is 0 Å². The predicted octanol–water partition coefficient (Wildman–Crippen LogP) is 4.22. The zero-order valence-corrected chi connectivity index (χ0v) is 12.9. The van der Waals surface area contributed by atoms with E-state index in [1.54, 1.807) is 0 Å². The molecule has 1 aromatic carbocycles. The molecule has 0 spiro atoms. The van der Waals surface area contributed by atoms with E-state index < -0.39 is 0 Å². The lowest BCUT2D eigenvalue weighted by Crippen LogP contribution is -2.29. The minimum atomic E-state index is 0.222. The number of nitrogens with zero attached hydrogens (tertiary/aromatic N) is 1. The third kappa shape index (κ3) is 3.72. The summed E-state index contributed by atoms with van der Waals surface area (Å²) in [7, 11) is 0. The molecule has 0 unspecified atom stereocenters. The molecule has 18 heavy (non-hydrogen) atoms. The molecule has 0 amide bonds. The zero-order chi connectivity index (χ0) is 13.0. The number of piperidine rings is 1. The van der Waals surface area contributed by atoms with E-state index in [0.717, 1.165) is 16.8 Å². The van der Waals surface area contributed by atoms with Gasteiger partial charge in [0.2, 0.25) is 0 Å². The monoisotopic (exact) mass is 311 g/mol. The van der Waals surface area contributed by atoms with E-state index in [4.69, 9.17) is 4.74 Å². The Morgan fingerprint density at radius 2 is 1.94 bits per heavy atom. The molecule has 0 saturated carbocycles. The van der Waals surface area contributed by atoms with Crippen molar-refractivity contribution in [2.75, 3.05) is 13.1 Å². The van der Waals surface area contributed by atoms with Crippen LogP contribution in [-0.4, -0.2) is 24.1 Å². The summed E-state index contributed by atoms with van der Waals surface area (Å²) in [5, 5.41) is 0. The van der Waals surface area contributed by atoms with Gasteiger partial charge in [-0.3, -0.25) is 4.90 Å². The molecule has 1 aliphatic rings. The third-order valence-electron chi connectivity index (χ3n) is 3.27. The van der Waals surface area contributed by atoms with Crippen molar-refractivity contribution in [1.29, 1.82) is 0 Å². The largest absolute Gasteiger partial charge is 0.491 e. The number of rotatable bonds is 4. The van der Waals surface area contributed by atoms with Gasteiger partial charge in [0.1, 0.15) is 5.75 Å². The van der Waals surface area contributed by atoms with Gasteiger partial charge in [-0.05, 0) is 51.9 Å². The highest BCUT2D eigenvalue weighted by atomic mass is 79.9. The summed E-state index contributed by atoms with van der Waals surface area (Å²) in [6.45, 7) is 7.56. The van der Waals surface area contributed by atoms with E-state index >= 15 is 0 Å². The molecule has 0 aliphatic carbocycles. The Balaban J connectivity index is 2.13. The predicted molar refractivity (Wildman–Crippen MR) is 79.0 cm³/mol. The highest BCUT2D eigenvalue weighted by Crippen LogP contribution is 2.29. The first-order chi connectivity index (χ1) is 8.66. The first-order valence-electron chi connectivity index (χ1n) is 6.83. The van der Waals surface area contributed by atoms with E-state index in [0.29, 0.717) is 0 Å². The van der Waals surface area contributed by atoms with Crippen LogP contribution >= 0.6 is 15.9 Å². The van der Waals surface area contributed by atoms with Crippen molar-refractivity contribution in [1.82, 2.24) is 4.90 Å². The van der Waals surface area contributed by atoms with E-state index in [1.807, 2.05) is 6.07 Å². The molecule has 0 bridgehead atoms. The van der Waals surface area contributed by atoms with Crippen molar-refractivity contribution in [2.45, 2.75) is 45.8 Å². The number of halogens is 1. The molecule has 1 fully saturated rings. The SMILES string of the molecule is CC(C)Oc1cccc(Br)c1CN1CCCCC1. The highest BCUT2D eigenvalue weighted by Gasteiger charge is 2.15. The zero-order valence-electron chi connectivity index (χ0n) is 11.3. The molecule has 1 aliphatic heterocycles. The van der Waals surface area contributed by atoms with Crippen molar-refractivity contribution in [3.8, 4) is 5.75 Å². The molecule has 1 aromatic rings. The van der Waals surface area contributed by atoms with Crippen LogP contribution in [0.5, 0.6) is 5.75 Å². The standard InChI is InChI=1S/C15H22BrNO/c1-12(2)18-15-8-6-7-14(16)13(15)11-17-9-4-3-5-10-17/h6-8,12H,3-5,9-11H2,1-2H3. The lowest BCUT2D eigenvalue weighted by atomic mass is 10.1. The van der Waals surface area contributed by atoms with Crippen LogP contribution in [0.4, 0.5) is 0 Å². The van der Waals surface area contributed by atoms with Crippen molar-refractivity contribution < 1.29 is 4.74 Å². The fourth-order valence-corrected chi connectivity index (χ4v) is 2.87. The van der Waals surface area contributed by atoms with Gasteiger partial charge in [0.15, 0.2) is 0 Å². The number of likely N-dealkylation sites (tertiary alicyclic amines) is 1. The number of hydrogen-bond acceptors (Lipinski definition) is 2. The Labute approximate surface area is 118 Å². The molecule has 2 rings (SSSR count). The van der Waals surface area contributed by atoms with Gasteiger partial charge in [-0.1, -0.05) is 28.4 Å². The Kier molecular flexibility index (Phi) is 5.07. The smallest absolute Gasteiger partial charge is 0.125 e. The second-order valence-electron chi connectivity index (χ2n) is 5.22. The van der Waals surface area contributed by atoms with Crippen molar-refractivity contribution >= 4 is 15.9 Å². The lowest BCUT2D eigenvalue weighted by molar-refractivity contribution is 0.206. The second-order valence-corrected chi connectivity index (χ2v) is 6.07. The number of hydrogen-bond donors (Lipinski definition) is 0. The van der Waals surface area contributed by atoms with E-state index in [2.05, 4.69) is 46.8 Å². The molecular weight excluding hydrogens is 290 g/mol. The number of ether oxygens (including phenoxy) is 1. The van der Waals surface area contributed by atoms with Gasteiger partial charge in [0, 0.05) is 16.6 Å². The number of benzene rings is 1. The first-order valence-corrected chi connectivity index (χ1v) is 7.62. The molecule has 1 saturated heterocycles. The Morgan fingerprint density at radius 3 is 2.61 bits per heavy atom. The molecule has 2 nitrogen and oxygen atoms in total. The summed E-state index contributed by atoms with van der Waals surface area (Å²) >= 11 is 3.66. The maximum absolute atomic E-state index is 5.91. The van der Waals surface area contributed by atoms with Crippen LogP contribution < -0.4 is 4.74 Å². The van der Waals surface area contributed by atoms with Crippen LogP contribution in [0, 0.1) is 0 Å². The summed E-state index contributed by atoms with van der Waals surface area (Å²) in [4.78, 5) is 2.52. The van der Waals surface area contributed by atoms with Crippen LogP contribution in [0.1, 0.15) is 38.7 Å². The van der Waals surface area contributed by atoms with Gasteiger partial charge in [-0.15, -0.1) is 0 Å². The van der Waals surface area contributed by atoms with Crippen LogP contribution in [0.25, 0.3) is 0 Å². The quantitative estimate of drug-likeness (QED) is 0.825. The molecule has 0 radical (unpaired) electrons. The van der Waals surface area contributed by atoms with Gasteiger partial charge in [0.25, 0.3) is 0 Å². The van der Waals surface area contributed by atoms with Gasteiger partial charge in [-0.25, -0.2) is 0 Å². The molecule has 0 aromatic heterocycles. The summed E-state index contributed by atoms with van der Waals surface area (Å²) < 4.78 is 7.07. The average Bonchev–Trinajstić information content (AvgIpc) is 2.34. The highest BCUT2D eigenvalue weighted by molar-refractivity contribution is 9.10. The first kappa shape index (κ1) is 13.9. The molecular formula is C15H22BrNO. The average molecular weight is 312 g/mol. The normalized spacial score (nSPS) is 17.1. The van der Waals surface area contributed by atoms with Crippen LogP contribution in [0.2, 0.25) is 0 Å². The fraction of sp³-hybridized carbons (Fsp3) is 0.600. The molecule has 100 valence electrons.